The van der Waals surface area contributed by atoms with E-state index < -0.39 is 129 Å². The van der Waals surface area contributed by atoms with Gasteiger partial charge in [-0.25, -0.2) is 4.79 Å². The molecule has 3 saturated heterocycles. The smallest absolute Gasteiger partial charge is 0.352 e. The number of hydrogen-bond acceptors (Lipinski definition) is 15. The van der Waals surface area contributed by atoms with Crippen LogP contribution in [0.1, 0.15) is 82.1 Å². The van der Waals surface area contributed by atoms with Gasteiger partial charge in [0.1, 0.15) is 18.3 Å². The molecule has 1 unspecified atom stereocenters. The fourth-order valence-electron chi connectivity index (χ4n) is 13.7. The topological polar surface area (TPSA) is 209 Å². The lowest BCUT2D eigenvalue weighted by Crippen LogP contribution is -2.72. The number of carbonyl (C=O) groups excluding carboxylic acids is 7. The molecule has 5 aliphatic carbocycles. The summed E-state index contributed by atoms with van der Waals surface area (Å²) in [5, 5.41) is 3.42. The molecule has 1 spiro atoms. The van der Waals surface area contributed by atoms with Crippen molar-refractivity contribution in [1.29, 1.82) is 0 Å². The highest BCUT2D eigenvalue weighted by atomic mass is 16.6. The molecule has 3 aliphatic heterocycles. The van der Waals surface area contributed by atoms with Crippen LogP contribution in [0.25, 0.3) is 0 Å². The fourth-order valence-corrected chi connectivity index (χ4v) is 13.7. The first-order valence-electron chi connectivity index (χ1n) is 18.7. The number of Topliss-reactive ketones (excluding diaryl/α,β-unsaturated/α-hetero) is 1. The summed E-state index contributed by atoms with van der Waals surface area (Å²) >= 11 is 0. The Balaban J connectivity index is 1.43. The third-order valence-corrected chi connectivity index (χ3v) is 15.4. The molecule has 1 N–H and O–H groups in total. The van der Waals surface area contributed by atoms with Gasteiger partial charge in [0.2, 0.25) is 5.60 Å². The lowest BCUT2D eigenvalue weighted by atomic mass is 9.41. The Morgan fingerprint density at radius 3 is 1.92 bits per heavy atom. The molecule has 8 aliphatic rings. The average molecular weight is 744 g/mol. The molecular formula is C38H49NO14. The van der Waals surface area contributed by atoms with Crippen molar-refractivity contribution in [3.8, 4) is 0 Å². The van der Waals surface area contributed by atoms with E-state index in [2.05, 4.69) is 5.32 Å². The third-order valence-electron chi connectivity index (χ3n) is 15.4. The Hall–Kier alpha value is -3.59. The van der Waals surface area contributed by atoms with Crippen LogP contribution in [-0.4, -0.2) is 95.6 Å². The highest BCUT2D eigenvalue weighted by molar-refractivity contribution is 5.90. The molecule has 0 amide bonds. The van der Waals surface area contributed by atoms with Crippen LogP contribution in [0.5, 0.6) is 0 Å². The van der Waals surface area contributed by atoms with Gasteiger partial charge in [0.05, 0.1) is 23.7 Å². The maximum Gasteiger partial charge on any atom is 0.352 e. The SMILES string of the molecule is CC(=O)O[C@@H]1[C@H]2[C@H]3C([C@H](OC(C)=O)[C@H](OC(C)=O)[C@]2(C)[C@H]2[C@H](C)[C@H]4N[C@]45OC(=O)[C@@](C)(OC(C)=O)[C@]5(C)[C@H]12)[C@@]1(C)C[C@H]2O[C@H]2C[C@@H]1C(=O)[C@@H]3OC(C)=O. The Morgan fingerprint density at radius 2 is 1.34 bits per heavy atom. The van der Waals surface area contributed by atoms with Crippen LogP contribution in [0.15, 0.2) is 0 Å². The van der Waals surface area contributed by atoms with Crippen molar-refractivity contribution in [3.63, 3.8) is 0 Å². The zero-order valence-corrected chi connectivity index (χ0v) is 31.7. The monoisotopic (exact) mass is 743 g/mol. The van der Waals surface area contributed by atoms with Gasteiger partial charge in [0.25, 0.3) is 0 Å². The van der Waals surface area contributed by atoms with E-state index in [1.165, 1.54) is 41.5 Å². The van der Waals surface area contributed by atoms with E-state index in [0.717, 1.165) is 0 Å². The van der Waals surface area contributed by atoms with Crippen LogP contribution in [-0.2, 0) is 66.7 Å². The summed E-state index contributed by atoms with van der Waals surface area (Å²) in [6.45, 7) is 15.3. The van der Waals surface area contributed by atoms with Crippen molar-refractivity contribution in [3.05, 3.63) is 0 Å². The minimum Gasteiger partial charge on any atom is -0.462 e. The highest BCUT2D eigenvalue weighted by Crippen LogP contribution is 2.79. The van der Waals surface area contributed by atoms with E-state index in [0.29, 0.717) is 12.8 Å². The molecule has 15 heteroatoms. The van der Waals surface area contributed by atoms with Gasteiger partial charge in [0.15, 0.2) is 17.6 Å². The number of fused-ring (bicyclic) bond motifs is 9. The molecule has 0 bridgehead atoms. The number of epoxide rings is 1. The van der Waals surface area contributed by atoms with E-state index in [4.69, 9.17) is 33.2 Å². The Labute approximate surface area is 307 Å². The molecule has 8 rings (SSSR count). The molecular weight excluding hydrogens is 694 g/mol. The molecule has 290 valence electrons. The molecule has 15 nitrogen and oxygen atoms in total. The first kappa shape index (κ1) is 36.4. The minimum absolute atomic E-state index is 0.143. The molecule has 0 aromatic heterocycles. The number of ether oxygens (including phenoxy) is 7. The summed E-state index contributed by atoms with van der Waals surface area (Å²) in [7, 11) is 0. The van der Waals surface area contributed by atoms with Crippen LogP contribution >= 0.6 is 0 Å². The van der Waals surface area contributed by atoms with Crippen molar-refractivity contribution in [2.45, 2.75) is 136 Å². The summed E-state index contributed by atoms with van der Waals surface area (Å²) in [4.78, 5) is 94.5. The molecule has 3 heterocycles. The zero-order chi connectivity index (χ0) is 38.7. The second-order valence-corrected chi connectivity index (χ2v) is 17.8. The maximum atomic E-state index is 14.9. The van der Waals surface area contributed by atoms with Crippen molar-refractivity contribution < 1.29 is 66.7 Å². The van der Waals surface area contributed by atoms with Gasteiger partial charge in [0, 0.05) is 69.6 Å². The molecule has 19 atom stereocenters. The maximum absolute atomic E-state index is 14.9. The molecule has 0 radical (unpaired) electrons. The van der Waals surface area contributed by atoms with Crippen molar-refractivity contribution in [1.82, 2.24) is 5.32 Å². The lowest BCUT2D eigenvalue weighted by Gasteiger charge is -2.64. The Morgan fingerprint density at radius 1 is 0.736 bits per heavy atom. The summed E-state index contributed by atoms with van der Waals surface area (Å²) in [5.41, 5.74) is -6.77. The van der Waals surface area contributed by atoms with Crippen LogP contribution in [0.2, 0.25) is 0 Å². The van der Waals surface area contributed by atoms with Gasteiger partial charge in [-0.3, -0.25) is 34.1 Å². The third kappa shape index (κ3) is 4.37. The van der Waals surface area contributed by atoms with E-state index in [1.54, 1.807) is 6.92 Å². The molecule has 0 aromatic carbocycles. The quantitative estimate of drug-likeness (QED) is 0.242. The van der Waals surface area contributed by atoms with Crippen molar-refractivity contribution in [2.75, 3.05) is 0 Å². The lowest BCUT2D eigenvalue weighted by molar-refractivity contribution is -0.263. The molecule has 5 saturated carbocycles. The molecule has 53 heavy (non-hydrogen) atoms. The Kier molecular flexibility index (Phi) is 7.56. The van der Waals surface area contributed by atoms with E-state index in [-0.39, 0.29) is 23.9 Å². The van der Waals surface area contributed by atoms with E-state index in [1.807, 2.05) is 20.8 Å². The average Bonchev–Trinajstić information content (AvgIpc) is 3.92. The van der Waals surface area contributed by atoms with Gasteiger partial charge in [-0.1, -0.05) is 20.8 Å². The van der Waals surface area contributed by atoms with Crippen LogP contribution in [0.4, 0.5) is 0 Å². The number of carbonyl (C=O) groups is 7. The number of hydrogen-bond donors (Lipinski definition) is 1. The second-order valence-electron chi connectivity index (χ2n) is 17.8. The standard InChI is InChI=1S/C38H49NO14/c1-13-23-26(36(9)37(10,52-18(6)44)33(46)53-38(36)31(13)39-38)29(48-15(3)41)25-22-24(30(49-16(4)42)32(35(23,25)8)50-17(5)43)34(7)12-21-20(51-21)11-19(34)27(45)28(22)47-14(2)40/h13,19-26,28-32,39H,11-12H2,1-10H3/t13-,19+,20-,21+,22+,23-,24?,25+,26-,28+,29+,30-,31+,32-,34-,35+,36-,37+,38-/m0/s1. The first-order chi connectivity index (χ1) is 24.6. The summed E-state index contributed by atoms with van der Waals surface area (Å²) in [6, 6.07) is -0.465. The number of esters is 6. The minimum atomic E-state index is -1.88. The molecule has 8 fully saturated rings. The fraction of sp³-hybridized carbons (Fsp3) is 0.816. The van der Waals surface area contributed by atoms with Crippen LogP contribution in [0.3, 0.4) is 0 Å². The summed E-state index contributed by atoms with van der Waals surface area (Å²) in [6.07, 6.45) is -4.25. The van der Waals surface area contributed by atoms with Crippen LogP contribution in [0, 0.1) is 57.7 Å². The van der Waals surface area contributed by atoms with Gasteiger partial charge in [-0.15, -0.1) is 0 Å². The Bertz CT molecular complexity index is 1750. The van der Waals surface area contributed by atoms with Crippen molar-refractivity contribution in [2.24, 2.45) is 57.7 Å². The second kappa shape index (κ2) is 11.0. The van der Waals surface area contributed by atoms with Crippen molar-refractivity contribution >= 4 is 41.6 Å². The zero-order valence-electron chi connectivity index (χ0n) is 31.7. The van der Waals surface area contributed by atoms with Gasteiger partial charge in [-0.05, 0) is 43.9 Å². The molecule has 0 aromatic rings. The first-order valence-corrected chi connectivity index (χ1v) is 18.7. The highest BCUT2D eigenvalue weighted by Gasteiger charge is 2.93. The normalized spacial score (nSPS) is 53.4. The largest absolute Gasteiger partial charge is 0.462 e. The van der Waals surface area contributed by atoms with Crippen LogP contribution < -0.4 is 5.32 Å². The number of rotatable bonds is 5. The number of ketones is 1. The van der Waals surface area contributed by atoms with Gasteiger partial charge >= 0.3 is 35.8 Å². The predicted octanol–water partition coefficient (Wildman–Crippen LogP) is 1.80. The predicted molar refractivity (Wildman–Crippen MR) is 175 cm³/mol. The summed E-state index contributed by atoms with van der Waals surface area (Å²) < 4.78 is 43.3. The summed E-state index contributed by atoms with van der Waals surface area (Å²) in [5.74, 6) is -9.45. The van der Waals surface area contributed by atoms with Gasteiger partial charge < -0.3 is 33.2 Å². The number of nitrogens with one attached hydrogen (secondary N) is 1. The van der Waals surface area contributed by atoms with E-state index >= 15 is 0 Å². The van der Waals surface area contributed by atoms with E-state index in [9.17, 15) is 33.6 Å². The van der Waals surface area contributed by atoms with Gasteiger partial charge in [-0.2, -0.15) is 0 Å².